The number of hydrogen-bond acceptors (Lipinski definition) is 5. The van der Waals surface area contributed by atoms with Crippen LogP contribution in [-0.4, -0.2) is 15.0 Å². The van der Waals surface area contributed by atoms with Crippen LogP contribution in [0.3, 0.4) is 0 Å². The maximum Gasteiger partial charge on any atom is 0.164 e. The van der Waals surface area contributed by atoms with E-state index in [1.807, 2.05) is 24.3 Å². The summed E-state index contributed by atoms with van der Waals surface area (Å²) in [6.45, 7) is 0. The van der Waals surface area contributed by atoms with Gasteiger partial charge in [0, 0.05) is 42.1 Å². The van der Waals surface area contributed by atoms with Crippen molar-refractivity contribution in [1.29, 1.82) is 0 Å². The van der Waals surface area contributed by atoms with Crippen molar-refractivity contribution in [3.8, 4) is 22.8 Å². The molecule has 1 aliphatic rings. The van der Waals surface area contributed by atoms with Gasteiger partial charge in [0.2, 0.25) is 0 Å². The Bertz CT molecular complexity index is 2100. The van der Waals surface area contributed by atoms with E-state index >= 15 is 0 Å². The van der Waals surface area contributed by atoms with Crippen molar-refractivity contribution in [2.24, 2.45) is 0 Å². The summed E-state index contributed by atoms with van der Waals surface area (Å²) in [5.41, 5.74) is 4.78. The average molecular weight is 508 g/mol. The van der Waals surface area contributed by atoms with Gasteiger partial charge in [-0.1, -0.05) is 72.8 Å². The Morgan fingerprint density at radius 3 is 2.37 bits per heavy atom. The van der Waals surface area contributed by atoms with Crippen LogP contribution in [0.15, 0.2) is 108 Å². The smallest absolute Gasteiger partial charge is 0.164 e. The fourth-order valence-corrected chi connectivity index (χ4v) is 6.52. The van der Waals surface area contributed by atoms with Gasteiger partial charge in [0.05, 0.1) is 0 Å². The summed E-state index contributed by atoms with van der Waals surface area (Å²) in [4.78, 5) is 15.1. The molecule has 3 aromatic heterocycles. The first-order valence-electron chi connectivity index (χ1n) is 12.8. The number of furan rings is 1. The second-order valence-corrected chi connectivity index (χ2v) is 10.6. The minimum absolute atomic E-state index is 0.652. The molecular weight excluding hydrogens is 486 g/mol. The van der Waals surface area contributed by atoms with Gasteiger partial charge < -0.3 is 4.42 Å². The lowest BCUT2D eigenvalue weighted by Gasteiger charge is -2.12. The Labute approximate surface area is 222 Å². The average Bonchev–Trinajstić information content (AvgIpc) is 3.55. The Kier molecular flexibility index (Phi) is 4.79. The number of benzene rings is 4. The van der Waals surface area contributed by atoms with E-state index in [9.17, 15) is 0 Å². The van der Waals surface area contributed by atoms with Gasteiger partial charge in [-0.25, -0.2) is 15.0 Å². The van der Waals surface area contributed by atoms with Crippen LogP contribution < -0.4 is 0 Å². The largest absolute Gasteiger partial charge is 0.456 e. The number of aromatic nitrogens is 3. The predicted octanol–water partition coefficient (Wildman–Crippen LogP) is 9.21. The third-order valence-electron chi connectivity index (χ3n) is 7.22. The van der Waals surface area contributed by atoms with Crippen LogP contribution >= 0.6 is 11.3 Å². The molecule has 0 unspecified atom stereocenters. The molecule has 0 aliphatic heterocycles. The minimum Gasteiger partial charge on any atom is -0.456 e. The fourth-order valence-electron chi connectivity index (χ4n) is 5.38. The number of para-hydroxylation sites is 1. The van der Waals surface area contributed by atoms with Crippen molar-refractivity contribution >= 4 is 59.0 Å². The molecule has 0 saturated heterocycles. The van der Waals surface area contributed by atoms with Crippen molar-refractivity contribution < 1.29 is 4.42 Å². The molecule has 8 rings (SSSR count). The van der Waals surface area contributed by atoms with Gasteiger partial charge in [0.25, 0.3) is 0 Å². The second-order valence-electron chi connectivity index (χ2n) is 9.55. The first-order chi connectivity index (χ1) is 18.8. The topological polar surface area (TPSA) is 51.8 Å². The van der Waals surface area contributed by atoms with Crippen LogP contribution in [0.2, 0.25) is 0 Å². The minimum atomic E-state index is 0.652. The van der Waals surface area contributed by atoms with E-state index in [0.29, 0.717) is 11.6 Å². The third-order valence-corrected chi connectivity index (χ3v) is 8.35. The standard InChI is InChI=1S/C33H21N3OS/c1-2-9-20(10-3-1)31-34-32(21-17-18-23-22-11-4-6-14-26(22)37-27(23)19-21)36-33(35-31)25-13-8-16-29-30(25)24-12-5-7-15-28(24)38-29/h1-2,4-9,11-19H,3,10H2. The molecule has 0 fully saturated rings. The molecule has 7 aromatic rings. The number of allylic oxidation sites excluding steroid dienone is 4. The number of hydrogen-bond donors (Lipinski definition) is 0. The number of rotatable bonds is 3. The van der Waals surface area contributed by atoms with E-state index in [4.69, 9.17) is 19.4 Å². The molecule has 180 valence electrons. The monoisotopic (exact) mass is 507 g/mol. The summed E-state index contributed by atoms with van der Waals surface area (Å²) >= 11 is 1.80. The molecule has 1 aliphatic carbocycles. The van der Waals surface area contributed by atoms with Crippen molar-refractivity contribution in [2.45, 2.75) is 12.8 Å². The highest BCUT2D eigenvalue weighted by molar-refractivity contribution is 7.25. The summed E-state index contributed by atoms with van der Waals surface area (Å²) in [7, 11) is 0. The molecule has 0 bridgehead atoms. The first-order valence-corrected chi connectivity index (χ1v) is 13.6. The SMILES string of the molecule is C1=CCCC(c2nc(-c3ccc4c(c3)oc3ccccc34)nc(-c3cccc4sc5ccccc5c34)n2)=C1. The molecule has 4 aromatic carbocycles. The first kappa shape index (κ1) is 21.5. The molecule has 5 heteroatoms. The number of thiophene rings is 1. The Morgan fingerprint density at radius 1 is 0.658 bits per heavy atom. The van der Waals surface area contributed by atoms with Crippen molar-refractivity contribution in [3.05, 3.63) is 109 Å². The zero-order valence-corrected chi connectivity index (χ0v) is 21.2. The highest BCUT2D eigenvalue weighted by Gasteiger charge is 2.18. The van der Waals surface area contributed by atoms with Crippen LogP contribution in [0.5, 0.6) is 0 Å². The highest BCUT2D eigenvalue weighted by Crippen LogP contribution is 2.40. The second kappa shape index (κ2) is 8.47. The molecule has 0 amide bonds. The van der Waals surface area contributed by atoms with Crippen LogP contribution in [0.1, 0.15) is 18.7 Å². The van der Waals surface area contributed by atoms with Crippen molar-refractivity contribution in [3.63, 3.8) is 0 Å². The molecule has 0 spiro atoms. The Balaban J connectivity index is 1.38. The summed E-state index contributed by atoms with van der Waals surface area (Å²) in [5, 5.41) is 4.63. The van der Waals surface area contributed by atoms with E-state index in [1.165, 1.54) is 20.2 Å². The van der Waals surface area contributed by atoms with Gasteiger partial charge in [0.1, 0.15) is 11.2 Å². The summed E-state index contributed by atoms with van der Waals surface area (Å²) < 4.78 is 8.68. The van der Waals surface area contributed by atoms with Gasteiger partial charge in [-0.05, 0) is 48.7 Å². The lowest BCUT2D eigenvalue weighted by atomic mass is 10.0. The van der Waals surface area contributed by atoms with E-state index in [2.05, 4.69) is 78.9 Å². The quantitative estimate of drug-likeness (QED) is 0.239. The normalized spacial score (nSPS) is 13.6. The van der Waals surface area contributed by atoms with Gasteiger partial charge in [-0.15, -0.1) is 11.3 Å². The van der Waals surface area contributed by atoms with Crippen molar-refractivity contribution in [1.82, 2.24) is 15.0 Å². The molecule has 0 atom stereocenters. The van der Waals surface area contributed by atoms with Gasteiger partial charge in [-0.3, -0.25) is 0 Å². The summed E-state index contributed by atoms with van der Waals surface area (Å²) in [5.74, 6) is 2.08. The van der Waals surface area contributed by atoms with E-state index in [0.717, 1.165) is 57.3 Å². The van der Waals surface area contributed by atoms with E-state index in [-0.39, 0.29) is 0 Å². The van der Waals surface area contributed by atoms with Crippen LogP contribution in [0.25, 0.3) is 70.5 Å². The van der Waals surface area contributed by atoms with Crippen LogP contribution in [-0.2, 0) is 0 Å². The Hall–Kier alpha value is -4.61. The maximum atomic E-state index is 6.18. The van der Waals surface area contributed by atoms with Gasteiger partial charge in [-0.2, -0.15) is 0 Å². The van der Waals surface area contributed by atoms with Crippen LogP contribution in [0, 0.1) is 0 Å². The fraction of sp³-hybridized carbons (Fsp3) is 0.0606. The summed E-state index contributed by atoms with van der Waals surface area (Å²) in [6, 6.07) is 29.3. The lowest BCUT2D eigenvalue weighted by molar-refractivity contribution is 0.669. The van der Waals surface area contributed by atoms with Gasteiger partial charge in [0.15, 0.2) is 17.5 Å². The highest BCUT2D eigenvalue weighted by atomic mass is 32.1. The van der Waals surface area contributed by atoms with Crippen molar-refractivity contribution in [2.75, 3.05) is 0 Å². The molecule has 4 nitrogen and oxygen atoms in total. The zero-order chi connectivity index (χ0) is 25.1. The molecular formula is C33H21N3OS. The molecule has 0 saturated carbocycles. The number of fused-ring (bicyclic) bond motifs is 6. The van der Waals surface area contributed by atoms with E-state index < -0.39 is 0 Å². The molecule has 0 radical (unpaired) electrons. The lowest BCUT2D eigenvalue weighted by Crippen LogP contribution is -2.04. The molecule has 0 N–H and O–H groups in total. The predicted molar refractivity (Wildman–Crippen MR) is 157 cm³/mol. The van der Waals surface area contributed by atoms with E-state index in [1.54, 1.807) is 11.3 Å². The number of nitrogens with zero attached hydrogens (tertiary/aromatic N) is 3. The van der Waals surface area contributed by atoms with Gasteiger partial charge >= 0.3 is 0 Å². The molecule has 38 heavy (non-hydrogen) atoms. The zero-order valence-electron chi connectivity index (χ0n) is 20.4. The summed E-state index contributed by atoms with van der Waals surface area (Å²) in [6.07, 6.45) is 8.29. The third kappa shape index (κ3) is 3.40. The maximum absolute atomic E-state index is 6.18. The molecule has 3 heterocycles. The Morgan fingerprint density at radius 2 is 1.45 bits per heavy atom. The van der Waals surface area contributed by atoms with Crippen LogP contribution in [0.4, 0.5) is 0 Å².